The smallest absolute Gasteiger partial charge is 0.344 e. The van der Waals surface area contributed by atoms with Crippen molar-refractivity contribution < 1.29 is 23.8 Å². The summed E-state index contributed by atoms with van der Waals surface area (Å²) >= 11 is 0. The van der Waals surface area contributed by atoms with Gasteiger partial charge in [-0.1, -0.05) is 42.5 Å². The minimum absolute atomic E-state index is 0.214. The molecule has 0 saturated carbocycles. The van der Waals surface area contributed by atoms with Crippen molar-refractivity contribution in [1.29, 1.82) is 0 Å². The lowest BCUT2D eigenvalue weighted by Gasteiger charge is -2.26. The molecule has 136 valence electrons. The van der Waals surface area contributed by atoms with Gasteiger partial charge in [0.15, 0.2) is 13.2 Å². The topological polar surface area (TPSA) is 65.1 Å². The number of morpholine rings is 1. The maximum atomic E-state index is 11.9. The van der Waals surface area contributed by atoms with Gasteiger partial charge in [-0.05, 0) is 23.3 Å². The number of hydrogen-bond donors (Lipinski definition) is 0. The average Bonchev–Trinajstić information content (AvgIpc) is 2.72. The Hall–Kier alpha value is -2.86. The number of amides is 1. The molecule has 1 amide bonds. The molecule has 0 aromatic heterocycles. The zero-order valence-electron chi connectivity index (χ0n) is 14.4. The normalized spacial score (nSPS) is 13.9. The van der Waals surface area contributed by atoms with E-state index in [-0.39, 0.29) is 19.1 Å². The lowest BCUT2D eigenvalue weighted by atomic mass is 10.1. The van der Waals surface area contributed by atoms with E-state index in [1.54, 1.807) is 17.0 Å². The van der Waals surface area contributed by atoms with Crippen molar-refractivity contribution in [3.05, 3.63) is 54.6 Å². The number of hydrogen-bond acceptors (Lipinski definition) is 5. The van der Waals surface area contributed by atoms with E-state index in [1.165, 1.54) is 0 Å². The molecule has 3 rings (SSSR count). The Morgan fingerprint density at radius 3 is 2.23 bits per heavy atom. The molecule has 26 heavy (non-hydrogen) atoms. The molecule has 2 aromatic carbocycles. The highest BCUT2D eigenvalue weighted by Gasteiger charge is 2.18. The molecule has 6 nitrogen and oxygen atoms in total. The summed E-state index contributed by atoms with van der Waals surface area (Å²) in [6, 6.07) is 17.4. The lowest BCUT2D eigenvalue weighted by Crippen LogP contribution is -2.42. The highest BCUT2D eigenvalue weighted by molar-refractivity contribution is 5.81. The first kappa shape index (κ1) is 17.9. The second kappa shape index (κ2) is 9.01. The first-order valence-corrected chi connectivity index (χ1v) is 8.52. The Morgan fingerprint density at radius 2 is 1.54 bits per heavy atom. The molecule has 1 aliphatic rings. The number of rotatable bonds is 6. The standard InChI is InChI=1S/C20H21NO5/c22-19(21-10-12-24-13-11-21)14-26-20(23)15-25-18-8-6-17(7-9-18)16-4-2-1-3-5-16/h1-9H,10-15H2. The van der Waals surface area contributed by atoms with Crippen molar-refractivity contribution in [2.24, 2.45) is 0 Å². The van der Waals surface area contributed by atoms with Crippen LogP contribution in [-0.2, 0) is 19.1 Å². The van der Waals surface area contributed by atoms with Gasteiger partial charge in [-0.2, -0.15) is 0 Å². The van der Waals surface area contributed by atoms with Crippen LogP contribution in [0.25, 0.3) is 11.1 Å². The van der Waals surface area contributed by atoms with Crippen molar-refractivity contribution in [2.75, 3.05) is 39.5 Å². The quantitative estimate of drug-likeness (QED) is 0.743. The van der Waals surface area contributed by atoms with E-state index in [4.69, 9.17) is 14.2 Å². The largest absolute Gasteiger partial charge is 0.482 e. The second-order valence-corrected chi connectivity index (χ2v) is 5.83. The van der Waals surface area contributed by atoms with Crippen molar-refractivity contribution in [3.8, 4) is 16.9 Å². The minimum Gasteiger partial charge on any atom is -0.482 e. The summed E-state index contributed by atoms with van der Waals surface area (Å²) in [5, 5.41) is 0. The van der Waals surface area contributed by atoms with Crippen LogP contribution < -0.4 is 4.74 Å². The molecule has 1 saturated heterocycles. The highest BCUT2D eigenvalue weighted by Crippen LogP contribution is 2.21. The third-order valence-electron chi connectivity index (χ3n) is 4.04. The summed E-state index contributed by atoms with van der Waals surface area (Å²) < 4.78 is 15.6. The van der Waals surface area contributed by atoms with Crippen LogP contribution in [0.2, 0.25) is 0 Å². The van der Waals surface area contributed by atoms with Crippen LogP contribution in [0.1, 0.15) is 0 Å². The van der Waals surface area contributed by atoms with Crippen LogP contribution in [-0.4, -0.2) is 56.3 Å². The fourth-order valence-electron chi connectivity index (χ4n) is 2.60. The van der Waals surface area contributed by atoms with E-state index in [1.807, 2.05) is 42.5 Å². The van der Waals surface area contributed by atoms with Gasteiger partial charge in [-0.15, -0.1) is 0 Å². The predicted molar refractivity (Wildman–Crippen MR) is 95.7 cm³/mol. The van der Waals surface area contributed by atoms with Crippen molar-refractivity contribution in [1.82, 2.24) is 4.90 Å². The van der Waals surface area contributed by atoms with Gasteiger partial charge in [0.1, 0.15) is 5.75 Å². The Balaban J connectivity index is 1.42. The fraction of sp³-hybridized carbons (Fsp3) is 0.300. The summed E-state index contributed by atoms with van der Waals surface area (Å²) in [6.45, 7) is 1.58. The number of benzene rings is 2. The number of carbonyl (C=O) groups excluding carboxylic acids is 2. The van der Waals surface area contributed by atoms with Gasteiger partial charge in [0, 0.05) is 13.1 Å². The van der Waals surface area contributed by atoms with E-state index in [0.717, 1.165) is 11.1 Å². The monoisotopic (exact) mass is 355 g/mol. The Labute approximate surface area is 152 Å². The van der Waals surface area contributed by atoms with E-state index in [9.17, 15) is 9.59 Å². The predicted octanol–water partition coefficient (Wildman–Crippen LogP) is 2.13. The van der Waals surface area contributed by atoms with Gasteiger partial charge in [0.05, 0.1) is 13.2 Å². The second-order valence-electron chi connectivity index (χ2n) is 5.83. The molecule has 2 aromatic rings. The van der Waals surface area contributed by atoms with Crippen molar-refractivity contribution >= 4 is 11.9 Å². The van der Waals surface area contributed by atoms with Crippen molar-refractivity contribution in [2.45, 2.75) is 0 Å². The lowest BCUT2D eigenvalue weighted by molar-refractivity contribution is -0.155. The van der Waals surface area contributed by atoms with Gasteiger partial charge >= 0.3 is 5.97 Å². The highest BCUT2D eigenvalue weighted by atomic mass is 16.6. The average molecular weight is 355 g/mol. The zero-order chi connectivity index (χ0) is 18.2. The minimum atomic E-state index is -0.571. The molecular weight excluding hydrogens is 334 g/mol. The van der Waals surface area contributed by atoms with E-state index >= 15 is 0 Å². The molecule has 0 radical (unpaired) electrons. The molecular formula is C20H21NO5. The molecule has 0 atom stereocenters. The Kier molecular flexibility index (Phi) is 6.22. The number of ether oxygens (including phenoxy) is 3. The summed E-state index contributed by atoms with van der Waals surface area (Å²) in [5.74, 6) is -0.214. The van der Waals surface area contributed by atoms with Crippen LogP contribution in [0, 0.1) is 0 Å². The van der Waals surface area contributed by atoms with Gasteiger partial charge in [-0.25, -0.2) is 4.79 Å². The molecule has 0 aliphatic carbocycles. The molecule has 1 aliphatic heterocycles. The maximum Gasteiger partial charge on any atom is 0.344 e. The molecule has 1 heterocycles. The molecule has 6 heteroatoms. The molecule has 1 fully saturated rings. The first-order valence-electron chi connectivity index (χ1n) is 8.52. The van der Waals surface area contributed by atoms with Gasteiger partial charge in [0.25, 0.3) is 5.91 Å². The van der Waals surface area contributed by atoms with Gasteiger partial charge in [-0.3, -0.25) is 4.79 Å². The molecule has 0 unspecified atom stereocenters. The van der Waals surface area contributed by atoms with Gasteiger partial charge < -0.3 is 19.1 Å². The SMILES string of the molecule is O=C(COc1ccc(-c2ccccc2)cc1)OCC(=O)N1CCOCC1. The number of nitrogens with zero attached hydrogens (tertiary/aromatic N) is 1. The van der Waals surface area contributed by atoms with Gasteiger partial charge in [0.2, 0.25) is 0 Å². The number of esters is 1. The van der Waals surface area contributed by atoms with E-state index in [2.05, 4.69) is 0 Å². The van der Waals surface area contributed by atoms with Crippen LogP contribution in [0.3, 0.4) is 0 Å². The van der Waals surface area contributed by atoms with E-state index in [0.29, 0.717) is 32.1 Å². The Bertz CT molecular complexity index is 724. The molecule has 0 bridgehead atoms. The fourth-order valence-corrected chi connectivity index (χ4v) is 2.60. The summed E-state index contributed by atoms with van der Waals surface area (Å²) in [5.41, 5.74) is 2.18. The molecule has 0 spiro atoms. The van der Waals surface area contributed by atoms with Crippen LogP contribution >= 0.6 is 0 Å². The summed E-state index contributed by atoms with van der Waals surface area (Å²) in [6.07, 6.45) is 0. The Morgan fingerprint density at radius 1 is 0.885 bits per heavy atom. The third kappa shape index (κ3) is 5.07. The van der Waals surface area contributed by atoms with Crippen LogP contribution in [0.5, 0.6) is 5.75 Å². The summed E-state index contributed by atoms with van der Waals surface area (Å²) in [7, 11) is 0. The number of carbonyl (C=O) groups is 2. The zero-order valence-corrected chi connectivity index (χ0v) is 14.4. The third-order valence-corrected chi connectivity index (χ3v) is 4.04. The first-order chi connectivity index (χ1) is 12.7. The van der Waals surface area contributed by atoms with Crippen LogP contribution in [0.15, 0.2) is 54.6 Å². The molecule has 0 N–H and O–H groups in total. The van der Waals surface area contributed by atoms with Crippen LogP contribution in [0.4, 0.5) is 0 Å². The van der Waals surface area contributed by atoms with E-state index < -0.39 is 5.97 Å². The maximum absolute atomic E-state index is 11.9. The van der Waals surface area contributed by atoms with Crippen molar-refractivity contribution in [3.63, 3.8) is 0 Å². The summed E-state index contributed by atoms with van der Waals surface area (Å²) in [4.78, 5) is 25.3.